The Bertz CT molecular complexity index is 425. The molecule has 0 fully saturated rings. The Morgan fingerprint density at radius 3 is 2.93 bits per heavy atom. The Morgan fingerprint density at radius 1 is 1.43 bits per heavy atom. The molecule has 2 aromatic rings. The molecule has 0 amide bonds. The molecule has 0 aromatic carbocycles. The van der Waals surface area contributed by atoms with E-state index in [2.05, 4.69) is 36.0 Å². The minimum Gasteiger partial charge on any atom is -0.226 e. The number of aryl methyl sites for hydroxylation is 1. The van der Waals surface area contributed by atoms with E-state index in [1.165, 1.54) is 6.33 Å². The van der Waals surface area contributed by atoms with Gasteiger partial charge in [-0.25, -0.2) is 19.6 Å². The van der Waals surface area contributed by atoms with E-state index in [-0.39, 0.29) is 0 Å². The summed E-state index contributed by atoms with van der Waals surface area (Å²) < 4.78 is 2.36. The van der Waals surface area contributed by atoms with Gasteiger partial charge in [0.1, 0.15) is 23.1 Å². The highest BCUT2D eigenvalue weighted by Gasteiger charge is 2.03. The van der Waals surface area contributed by atoms with Crippen LogP contribution in [-0.4, -0.2) is 24.7 Å². The van der Waals surface area contributed by atoms with E-state index in [4.69, 9.17) is 0 Å². The summed E-state index contributed by atoms with van der Waals surface area (Å²) in [7, 11) is 0. The van der Waals surface area contributed by atoms with Crippen LogP contribution < -0.4 is 0 Å². The molecule has 14 heavy (non-hydrogen) atoms. The van der Waals surface area contributed by atoms with Crippen molar-refractivity contribution in [1.29, 1.82) is 0 Å². The summed E-state index contributed by atoms with van der Waals surface area (Å²) in [6.45, 7) is 2.01. The lowest BCUT2D eigenvalue weighted by molar-refractivity contribution is 0.807. The molecule has 0 spiro atoms. The second-order valence-electron chi connectivity index (χ2n) is 2.66. The van der Waals surface area contributed by atoms with Gasteiger partial charge in [-0.15, -0.1) is 0 Å². The predicted octanol–water partition coefficient (Wildman–Crippen LogP) is 1.38. The minimum absolute atomic E-state index is 0.723. The molecule has 2 heterocycles. The van der Waals surface area contributed by atoms with E-state index in [0.29, 0.717) is 0 Å². The molecule has 0 atom stereocenters. The summed E-state index contributed by atoms with van der Waals surface area (Å²) in [5.41, 5.74) is 0. The van der Waals surface area contributed by atoms with E-state index in [1.54, 1.807) is 17.1 Å². The average Bonchev–Trinajstić information content (AvgIpc) is 2.69. The maximum Gasteiger partial charge on any atom is 0.160 e. The Morgan fingerprint density at radius 2 is 2.29 bits per heavy atom. The van der Waals surface area contributed by atoms with Gasteiger partial charge >= 0.3 is 0 Å². The van der Waals surface area contributed by atoms with Crippen molar-refractivity contribution in [2.75, 3.05) is 0 Å². The largest absolute Gasteiger partial charge is 0.226 e. The number of hydrogen-bond acceptors (Lipinski definition) is 4. The van der Waals surface area contributed by atoms with Crippen LogP contribution in [0.2, 0.25) is 0 Å². The maximum absolute atomic E-state index is 4.31. The molecule has 0 aliphatic carbocycles. The zero-order chi connectivity index (χ0) is 9.97. The average molecular weight is 254 g/mol. The molecule has 5 nitrogen and oxygen atoms in total. The summed E-state index contributed by atoms with van der Waals surface area (Å²) in [5.74, 6) is 1.51. The first-order valence-electron chi connectivity index (χ1n) is 4.18. The van der Waals surface area contributed by atoms with Crippen LogP contribution in [0, 0.1) is 0 Å². The third-order valence-electron chi connectivity index (χ3n) is 1.70. The van der Waals surface area contributed by atoms with Crippen LogP contribution in [0.4, 0.5) is 0 Å². The normalized spacial score (nSPS) is 10.4. The third kappa shape index (κ3) is 1.79. The fourth-order valence-corrected chi connectivity index (χ4v) is 1.46. The highest BCUT2D eigenvalue weighted by Crippen LogP contribution is 2.11. The molecular formula is C8H8BrN5. The highest BCUT2D eigenvalue weighted by atomic mass is 79.9. The SMILES string of the molecule is CCc1nc(Br)cc(-n2cncn2)n1. The van der Waals surface area contributed by atoms with Crippen LogP contribution in [0.1, 0.15) is 12.7 Å². The molecule has 0 unspecified atom stereocenters. The van der Waals surface area contributed by atoms with Crippen molar-refractivity contribution in [1.82, 2.24) is 24.7 Å². The first kappa shape index (κ1) is 9.26. The van der Waals surface area contributed by atoms with Crippen LogP contribution in [0.25, 0.3) is 5.82 Å². The molecule has 2 aromatic heterocycles. The fraction of sp³-hybridized carbons (Fsp3) is 0.250. The van der Waals surface area contributed by atoms with E-state index in [1.807, 2.05) is 6.92 Å². The summed E-state index contributed by atoms with van der Waals surface area (Å²) >= 11 is 3.33. The second-order valence-corrected chi connectivity index (χ2v) is 3.47. The zero-order valence-corrected chi connectivity index (χ0v) is 9.14. The van der Waals surface area contributed by atoms with Gasteiger partial charge < -0.3 is 0 Å². The van der Waals surface area contributed by atoms with E-state index in [9.17, 15) is 0 Å². The number of hydrogen-bond donors (Lipinski definition) is 0. The van der Waals surface area contributed by atoms with Crippen molar-refractivity contribution >= 4 is 15.9 Å². The molecule has 0 aliphatic heterocycles. The van der Waals surface area contributed by atoms with Crippen LogP contribution in [0.15, 0.2) is 23.3 Å². The number of halogens is 1. The van der Waals surface area contributed by atoms with Gasteiger partial charge in [0.05, 0.1) is 0 Å². The first-order valence-corrected chi connectivity index (χ1v) is 4.97. The third-order valence-corrected chi connectivity index (χ3v) is 2.10. The molecule has 0 bridgehead atoms. The van der Waals surface area contributed by atoms with Gasteiger partial charge in [0, 0.05) is 12.5 Å². The van der Waals surface area contributed by atoms with Crippen molar-refractivity contribution in [2.45, 2.75) is 13.3 Å². The molecular weight excluding hydrogens is 246 g/mol. The zero-order valence-electron chi connectivity index (χ0n) is 7.55. The van der Waals surface area contributed by atoms with Crippen molar-refractivity contribution in [3.63, 3.8) is 0 Å². The fourth-order valence-electron chi connectivity index (χ4n) is 1.05. The number of nitrogens with zero attached hydrogens (tertiary/aromatic N) is 5. The van der Waals surface area contributed by atoms with Gasteiger partial charge in [-0.1, -0.05) is 6.92 Å². The Labute approximate surface area is 89.4 Å². The lowest BCUT2D eigenvalue weighted by Crippen LogP contribution is -2.02. The topological polar surface area (TPSA) is 56.5 Å². The second kappa shape index (κ2) is 3.83. The number of aromatic nitrogens is 5. The van der Waals surface area contributed by atoms with Gasteiger partial charge in [-0.3, -0.25) is 0 Å². The van der Waals surface area contributed by atoms with Gasteiger partial charge in [-0.05, 0) is 15.9 Å². The predicted molar refractivity (Wildman–Crippen MR) is 54.0 cm³/mol. The van der Waals surface area contributed by atoms with Gasteiger partial charge in [0.2, 0.25) is 0 Å². The van der Waals surface area contributed by atoms with Crippen LogP contribution in [0.5, 0.6) is 0 Å². The van der Waals surface area contributed by atoms with Crippen LogP contribution in [-0.2, 0) is 6.42 Å². The summed E-state index contributed by atoms with van der Waals surface area (Å²) in [4.78, 5) is 12.4. The summed E-state index contributed by atoms with van der Waals surface area (Å²) in [6.07, 6.45) is 3.87. The van der Waals surface area contributed by atoms with Crippen LogP contribution in [0.3, 0.4) is 0 Å². The van der Waals surface area contributed by atoms with Gasteiger partial charge in [0.15, 0.2) is 5.82 Å². The van der Waals surface area contributed by atoms with E-state index in [0.717, 1.165) is 22.7 Å². The number of rotatable bonds is 2. The Kier molecular flexibility index (Phi) is 2.53. The summed E-state index contributed by atoms with van der Waals surface area (Å²) in [6, 6.07) is 1.80. The highest BCUT2D eigenvalue weighted by molar-refractivity contribution is 9.10. The van der Waals surface area contributed by atoms with Gasteiger partial charge in [0.25, 0.3) is 0 Å². The molecule has 0 saturated heterocycles. The smallest absolute Gasteiger partial charge is 0.160 e. The molecule has 2 rings (SSSR count). The quantitative estimate of drug-likeness (QED) is 0.760. The lowest BCUT2D eigenvalue weighted by atomic mass is 10.4. The molecule has 0 saturated carbocycles. The molecule has 0 N–H and O–H groups in total. The molecule has 6 heteroatoms. The van der Waals surface area contributed by atoms with E-state index >= 15 is 0 Å². The van der Waals surface area contributed by atoms with Crippen molar-refractivity contribution in [3.05, 3.63) is 29.1 Å². The first-order chi connectivity index (χ1) is 6.79. The molecule has 72 valence electrons. The lowest BCUT2D eigenvalue weighted by Gasteiger charge is -2.02. The molecule has 0 aliphatic rings. The monoisotopic (exact) mass is 253 g/mol. The van der Waals surface area contributed by atoms with Crippen molar-refractivity contribution < 1.29 is 0 Å². The van der Waals surface area contributed by atoms with Crippen LogP contribution >= 0.6 is 15.9 Å². The summed E-state index contributed by atoms with van der Waals surface area (Å²) in [5, 5.41) is 4.00. The van der Waals surface area contributed by atoms with E-state index < -0.39 is 0 Å². The standard InChI is InChI=1S/C8H8BrN5/c1-2-7-12-6(9)3-8(13-7)14-5-10-4-11-14/h3-5H,2H2,1H3. The maximum atomic E-state index is 4.31. The van der Waals surface area contributed by atoms with Crippen molar-refractivity contribution in [3.8, 4) is 5.82 Å². The van der Waals surface area contributed by atoms with Gasteiger partial charge in [-0.2, -0.15) is 5.10 Å². The minimum atomic E-state index is 0.723. The Hall–Kier alpha value is -1.30. The Balaban J connectivity index is 2.48. The molecule has 0 radical (unpaired) electrons. The van der Waals surface area contributed by atoms with Crippen molar-refractivity contribution in [2.24, 2.45) is 0 Å².